The zero-order valence-corrected chi connectivity index (χ0v) is 15.0. The fourth-order valence-electron chi connectivity index (χ4n) is 3.71. The van der Waals surface area contributed by atoms with E-state index < -0.39 is 10.8 Å². The third kappa shape index (κ3) is 2.71. The number of carbonyl (C=O) groups is 1. The van der Waals surface area contributed by atoms with Gasteiger partial charge in [-0.3, -0.25) is 4.79 Å². The van der Waals surface area contributed by atoms with Crippen molar-refractivity contribution in [2.75, 3.05) is 20.3 Å². The molecule has 0 radical (unpaired) electrons. The van der Waals surface area contributed by atoms with Crippen LogP contribution in [0.25, 0.3) is 5.57 Å². The fraction of sp³-hybridized carbons (Fsp3) is 0.476. The Hall–Kier alpha value is -1.87. The Morgan fingerprint density at radius 1 is 1.21 bits per heavy atom. The molecule has 3 nitrogen and oxygen atoms in total. The molecule has 2 aliphatic rings. The third-order valence-electron chi connectivity index (χ3n) is 4.91. The van der Waals surface area contributed by atoms with Crippen molar-refractivity contribution >= 4 is 11.5 Å². The van der Waals surface area contributed by atoms with Crippen molar-refractivity contribution in [2.24, 2.45) is 5.41 Å². The summed E-state index contributed by atoms with van der Waals surface area (Å²) in [6.45, 7) is 6.46. The molecule has 0 aliphatic heterocycles. The molecule has 1 aromatic rings. The minimum absolute atomic E-state index is 0.177. The summed E-state index contributed by atoms with van der Waals surface area (Å²) in [5.41, 5.74) is 4.20. The topological polar surface area (TPSA) is 35.5 Å². The number of hydrogen-bond donors (Lipinski definition) is 0. The summed E-state index contributed by atoms with van der Waals surface area (Å²) in [6.07, 6.45) is 6.49. The molecule has 1 atom stereocenters. The molecular formula is C21H26O3. The number of methoxy groups -OCH3 is 1. The molecule has 0 saturated heterocycles. The number of hydrogen-bond acceptors (Lipinski definition) is 3. The van der Waals surface area contributed by atoms with Gasteiger partial charge in [0.1, 0.15) is 6.61 Å². The molecule has 0 N–H and O–H groups in total. The number of rotatable bonds is 4. The first kappa shape index (κ1) is 17.0. The quantitative estimate of drug-likeness (QED) is 0.775. The average Bonchev–Trinajstić information content (AvgIpc) is 2.84. The van der Waals surface area contributed by atoms with Gasteiger partial charge in [-0.25, -0.2) is 0 Å². The minimum Gasteiger partial charge on any atom is -0.464 e. The Balaban J connectivity index is 2.03. The van der Waals surface area contributed by atoms with Gasteiger partial charge in [-0.2, -0.15) is 0 Å². The van der Waals surface area contributed by atoms with E-state index in [2.05, 4.69) is 36.4 Å². The lowest BCUT2D eigenvalue weighted by Gasteiger charge is -2.33. The van der Waals surface area contributed by atoms with Gasteiger partial charge in [0.25, 0.3) is 0 Å². The molecule has 24 heavy (non-hydrogen) atoms. The van der Waals surface area contributed by atoms with E-state index >= 15 is 0 Å². The van der Waals surface area contributed by atoms with E-state index in [-0.39, 0.29) is 5.97 Å². The Bertz CT molecular complexity index is 706. The van der Waals surface area contributed by atoms with Gasteiger partial charge < -0.3 is 9.47 Å². The summed E-state index contributed by atoms with van der Waals surface area (Å²) in [5, 5.41) is 0. The molecule has 2 aliphatic carbocycles. The van der Waals surface area contributed by atoms with Crippen LogP contribution in [0.5, 0.6) is 0 Å². The summed E-state index contributed by atoms with van der Waals surface area (Å²) in [4.78, 5) is 12.3. The van der Waals surface area contributed by atoms with Gasteiger partial charge in [0.05, 0.1) is 17.4 Å². The van der Waals surface area contributed by atoms with E-state index in [0.717, 1.165) is 12.8 Å². The molecule has 128 valence electrons. The Morgan fingerprint density at radius 3 is 2.67 bits per heavy atom. The highest BCUT2D eigenvalue weighted by molar-refractivity contribution is 5.84. The van der Waals surface area contributed by atoms with Crippen molar-refractivity contribution in [3.05, 3.63) is 53.1 Å². The Kier molecular flexibility index (Phi) is 4.39. The lowest BCUT2D eigenvalue weighted by molar-refractivity contribution is -0.155. The second-order valence-corrected chi connectivity index (χ2v) is 7.72. The first-order valence-electron chi connectivity index (χ1n) is 8.56. The predicted octanol–water partition coefficient (Wildman–Crippen LogP) is 4.28. The number of fused-ring (bicyclic) bond motifs is 2. The first-order valence-corrected chi connectivity index (χ1v) is 8.56. The monoisotopic (exact) mass is 326 g/mol. The maximum Gasteiger partial charge on any atom is 0.311 e. The van der Waals surface area contributed by atoms with Crippen LogP contribution in [0.1, 0.15) is 44.7 Å². The SMILES string of the molecule is COCC1(COC(=O)C(C)(C)C)C2=C(CCC=C2)c2ccccc21. The molecule has 0 bridgehead atoms. The Labute approximate surface area is 144 Å². The largest absolute Gasteiger partial charge is 0.464 e. The lowest BCUT2D eigenvalue weighted by atomic mass is 9.77. The number of allylic oxidation sites excluding steroid dienone is 3. The van der Waals surface area contributed by atoms with Gasteiger partial charge >= 0.3 is 5.97 Å². The van der Waals surface area contributed by atoms with E-state index in [4.69, 9.17) is 9.47 Å². The van der Waals surface area contributed by atoms with Gasteiger partial charge in [0.15, 0.2) is 0 Å². The molecule has 0 fully saturated rings. The summed E-state index contributed by atoms with van der Waals surface area (Å²) in [5.74, 6) is -0.177. The highest BCUT2D eigenvalue weighted by Gasteiger charge is 2.46. The van der Waals surface area contributed by atoms with Crippen LogP contribution >= 0.6 is 0 Å². The molecule has 0 aromatic heterocycles. The highest BCUT2D eigenvalue weighted by atomic mass is 16.5. The van der Waals surface area contributed by atoms with E-state index in [9.17, 15) is 4.79 Å². The van der Waals surface area contributed by atoms with Crippen LogP contribution in [0.15, 0.2) is 42.0 Å². The molecule has 1 aromatic carbocycles. The molecule has 0 saturated carbocycles. The van der Waals surface area contributed by atoms with Gasteiger partial charge in [0, 0.05) is 7.11 Å². The number of ether oxygens (including phenoxy) is 2. The van der Waals surface area contributed by atoms with Crippen molar-refractivity contribution in [3.63, 3.8) is 0 Å². The number of esters is 1. The van der Waals surface area contributed by atoms with E-state index in [1.54, 1.807) is 7.11 Å². The second kappa shape index (κ2) is 6.21. The van der Waals surface area contributed by atoms with Crippen molar-refractivity contribution in [1.29, 1.82) is 0 Å². The zero-order chi connectivity index (χ0) is 17.4. The molecule has 1 unspecified atom stereocenters. The van der Waals surface area contributed by atoms with Crippen molar-refractivity contribution < 1.29 is 14.3 Å². The van der Waals surface area contributed by atoms with Gasteiger partial charge in [0.2, 0.25) is 0 Å². The number of benzene rings is 1. The van der Waals surface area contributed by atoms with Gasteiger partial charge in [-0.1, -0.05) is 36.4 Å². The highest BCUT2D eigenvalue weighted by Crippen LogP contribution is 2.50. The number of carbonyl (C=O) groups excluding carboxylic acids is 1. The standard InChI is InChI=1S/C21H26O3/c1-20(2,3)19(22)24-14-21(13-23-4)17-11-7-5-9-15(17)16-10-6-8-12-18(16)21/h5,7-9,11-12H,6,10,13-14H2,1-4H3. The van der Waals surface area contributed by atoms with Crippen LogP contribution < -0.4 is 0 Å². The van der Waals surface area contributed by atoms with Crippen LogP contribution in [-0.4, -0.2) is 26.3 Å². The second-order valence-electron chi connectivity index (χ2n) is 7.72. The van der Waals surface area contributed by atoms with Gasteiger partial charge in [-0.15, -0.1) is 0 Å². The minimum atomic E-state index is -0.508. The van der Waals surface area contributed by atoms with Crippen LogP contribution in [0, 0.1) is 5.41 Å². The summed E-state index contributed by atoms with van der Waals surface area (Å²) in [7, 11) is 1.71. The summed E-state index contributed by atoms with van der Waals surface area (Å²) in [6, 6.07) is 8.45. The Morgan fingerprint density at radius 2 is 1.96 bits per heavy atom. The molecule has 3 rings (SSSR count). The van der Waals surface area contributed by atoms with Crippen LogP contribution in [0.3, 0.4) is 0 Å². The lowest BCUT2D eigenvalue weighted by Crippen LogP contribution is -2.39. The van der Waals surface area contributed by atoms with Crippen LogP contribution in [0.4, 0.5) is 0 Å². The van der Waals surface area contributed by atoms with Crippen LogP contribution in [0.2, 0.25) is 0 Å². The van der Waals surface area contributed by atoms with E-state index in [1.165, 1.54) is 22.3 Å². The molecule has 0 heterocycles. The molecular weight excluding hydrogens is 300 g/mol. The maximum atomic E-state index is 12.3. The first-order chi connectivity index (χ1) is 11.4. The summed E-state index contributed by atoms with van der Waals surface area (Å²) >= 11 is 0. The predicted molar refractivity (Wildman–Crippen MR) is 95.7 cm³/mol. The maximum absolute atomic E-state index is 12.3. The van der Waals surface area contributed by atoms with Crippen molar-refractivity contribution in [3.8, 4) is 0 Å². The molecule has 3 heteroatoms. The zero-order valence-electron chi connectivity index (χ0n) is 15.0. The van der Waals surface area contributed by atoms with E-state index in [1.807, 2.05) is 20.8 Å². The molecule has 0 spiro atoms. The fourth-order valence-corrected chi connectivity index (χ4v) is 3.71. The van der Waals surface area contributed by atoms with Crippen LogP contribution in [-0.2, 0) is 19.7 Å². The van der Waals surface area contributed by atoms with Crippen molar-refractivity contribution in [2.45, 2.75) is 39.0 Å². The molecule has 0 amide bonds. The average molecular weight is 326 g/mol. The van der Waals surface area contributed by atoms with Crippen molar-refractivity contribution in [1.82, 2.24) is 0 Å². The third-order valence-corrected chi connectivity index (χ3v) is 4.91. The van der Waals surface area contributed by atoms with Gasteiger partial charge in [-0.05, 0) is 55.9 Å². The summed E-state index contributed by atoms with van der Waals surface area (Å²) < 4.78 is 11.4. The van der Waals surface area contributed by atoms with E-state index in [0.29, 0.717) is 13.2 Å². The smallest absolute Gasteiger partial charge is 0.311 e. The normalized spacial score (nSPS) is 22.3.